The van der Waals surface area contributed by atoms with Crippen molar-refractivity contribution in [2.75, 3.05) is 0 Å². The van der Waals surface area contributed by atoms with Crippen LogP contribution in [0.15, 0.2) is 89.9 Å². The van der Waals surface area contributed by atoms with E-state index in [1.54, 1.807) is 60.7 Å². The molecule has 13 nitrogen and oxygen atoms in total. The first kappa shape index (κ1) is 33.9. The largest absolute Gasteiger partial charge is 0.479 e. The van der Waals surface area contributed by atoms with Crippen molar-refractivity contribution < 1.29 is 38.2 Å². The van der Waals surface area contributed by atoms with E-state index in [2.05, 4.69) is 10.3 Å². The quantitative estimate of drug-likeness (QED) is 0.0864. The molecule has 14 heteroatoms. The number of guanidine groups is 1. The maximum absolute atomic E-state index is 14.1. The van der Waals surface area contributed by atoms with Crippen LogP contribution >= 0.6 is 7.60 Å². The minimum atomic E-state index is -5.34. The first-order valence-corrected chi connectivity index (χ1v) is 15.1. The first-order chi connectivity index (χ1) is 20.7. The van der Waals surface area contributed by atoms with E-state index in [9.17, 15) is 28.9 Å². The maximum Gasteiger partial charge on any atom is 0.408 e. The highest BCUT2D eigenvalue weighted by Gasteiger charge is 2.57. The van der Waals surface area contributed by atoms with Crippen LogP contribution in [0.4, 0.5) is 10.5 Å². The number of nitrogens with zero attached hydrogens (tertiary/aromatic N) is 1. The number of hydrogen-bond donors (Lipinski definition) is 6. The van der Waals surface area contributed by atoms with Gasteiger partial charge in [0, 0.05) is 0 Å². The highest BCUT2D eigenvalue weighted by molar-refractivity contribution is 7.55. The Morgan fingerprint density at radius 3 is 2.09 bits per heavy atom. The number of Topliss-reactive ketones (excluding diaryl/α,β-unsaturated/α-hetero) is 1. The molecule has 0 spiro atoms. The zero-order valence-electron chi connectivity index (χ0n) is 24.2. The zero-order valence-corrected chi connectivity index (χ0v) is 25.1. The fraction of sp³-hybridized carbons (Fsp3) is 0.267. The van der Waals surface area contributed by atoms with E-state index < -0.39 is 48.8 Å². The normalized spacial score (nSPS) is 15.2. The third-order valence-electron chi connectivity index (χ3n) is 6.75. The number of rotatable bonds is 14. The Labute approximate surface area is 254 Å². The summed E-state index contributed by atoms with van der Waals surface area (Å²) in [6, 6.07) is 21.4. The molecular weight excluding hydrogens is 589 g/mol. The summed E-state index contributed by atoms with van der Waals surface area (Å²) in [7, 11) is -5.34. The number of ether oxygens (including phenoxy) is 1. The Bertz CT molecular complexity index is 1530. The van der Waals surface area contributed by atoms with Gasteiger partial charge in [-0.15, -0.1) is 0 Å². The molecule has 3 rings (SSSR count). The summed E-state index contributed by atoms with van der Waals surface area (Å²) in [6.07, 6.45) is -3.12. The molecule has 0 fully saturated rings. The van der Waals surface area contributed by atoms with Crippen LogP contribution in [0.1, 0.15) is 36.6 Å². The number of carboxylic acids is 1. The lowest BCUT2D eigenvalue weighted by Crippen LogP contribution is -2.60. The maximum atomic E-state index is 14.1. The summed E-state index contributed by atoms with van der Waals surface area (Å²) in [6.45, 7) is 2.72. The molecule has 4 unspecified atom stereocenters. The van der Waals surface area contributed by atoms with E-state index in [-0.39, 0.29) is 30.2 Å². The number of carbonyl (C=O) groups excluding carboxylic acids is 2. The van der Waals surface area contributed by atoms with Crippen molar-refractivity contribution >= 4 is 37.1 Å². The van der Waals surface area contributed by atoms with Gasteiger partial charge in [0.2, 0.25) is 0 Å². The van der Waals surface area contributed by atoms with E-state index in [4.69, 9.17) is 26.5 Å². The third-order valence-corrected chi connectivity index (χ3v) is 8.92. The molecule has 0 bridgehead atoms. The number of nitrogens with one attached hydrogen (secondary N) is 1. The first-order valence-electron chi connectivity index (χ1n) is 13.5. The molecule has 0 saturated heterocycles. The highest BCUT2D eigenvalue weighted by Crippen LogP contribution is 2.59. The van der Waals surface area contributed by atoms with Crippen molar-refractivity contribution in [2.24, 2.45) is 28.1 Å². The lowest BCUT2D eigenvalue weighted by molar-refractivity contribution is -0.146. The second-order valence-electron chi connectivity index (χ2n) is 10.3. The van der Waals surface area contributed by atoms with Gasteiger partial charge in [-0.2, -0.15) is 0 Å². The number of nitrogens with two attached hydrogens (primary N) is 3. The van der Waals surface area contributed by atoms with Gasteiger partial charge < -0.3 is 37.3 Å². The lowest BCUT2D eigenvalue weighted by Gasteiger charge is -2.38. The van der Waals surface area contributed by atoms with Gasteiger partial charge in [-0.1, -0.05) is 86.6 Å². The molecule has 0 aliphatic rings. The molecule has 9 N–H and O–H groups in total. The van der Waals surface area contributed by atoms with E-state index in [1.165, 1.54) is 38.1 Å². The van der Waals surface area contributed by atoms with Gasteiger partial charge in [0.05, 0.1) is 11.7 Å². The van der Waals surface area contributed by atoms with E-state index >= 15 is 0 Å². The molecule has 0 aliphatic heterocycles. The fourth-order valence-corrected chi connectivity index (χ4v) is 6.14. The van der Waals surface area contributed by atoms with Crippen LogP contribution in [0, 0.1) is 5.92 Å². The minimum absolute atomic E-state index is 0.0868. The van der Waals surface area contributed by atoms with Gasteiger partial charge in [-0.25, -0.2) is 14.6 Å². The molecule has 44 heavy (non-hydrogen) atoms. The third kappa shape index (κ3) is 8.51. The van der Waals surface area contributed by atoms with Gasteiger partial charge in [0.25, 0.3) is 0 Å². The number of aliphatic imine (C=N–C) groups is 1. The van der Waals surface area contributed by atoms with Gasteiger partial charge in [0.15, 0.2) is 23.1 Å². The smallest absolute Gasteiger partial charge is 0.408 e. The Morgan fingerprint density at radius 2 is 1.55 bits per heavy atom. The molecular formula is C30H36N5O8P. The van der Waals surface area contributed by atoms with Crippen LogP contribution in [-0.4, -0.2) is 45.1 Å². The average molecular weight is 626 g/mol. The summed E-state index contributed by atoms with van der Waals surface area (Å²) in [5, 5.41) is 9.75. The average Bonchev–Trinajstić information content (AvgIpc) is 2.98. The van der Waals surface area contributed by atoms with Crippen molar-refractivity contribution in [3.05, 3.63) is 102 Å². The molecule has 234 valence electrons. The number of alkyl carbamates (subject to hydrolysis) is 1. The zero-order chi connectivity index (χ0) is 32.5. The predicted octanol–water partition coefficient (Wildman–Crippen LogP) is 3.34. The van der Waals surface area contributed by atoms with Gasteiger partial charge in [-0.05, 0) is 41.2 Å². The van der Waals surface area contributed by atoms with Gasteiger partial charge >= 0.3 is 19.7 Å². The van der Waals surface area contributed by atoms with E-state index in [0.29, 0.717) is 11.1 Å². The van der Waals surface area contributed by atoms with Crippen LogP contribution in [0.2, 0.25) is 0 Å². The van der Waals surface area contributed by atoms with Crippen molar-refractivity contribution in [3.8, 4) is 0 Å². The van der Waals surface area contributed by atoms with E-state index in [0.717, 1.165) is 0 Å². The number of carbonyl (C=O) groups is 3. The Morgan fingerprint density at radius 1 is 0.955 bits per heavy atom. The molecule has 0 radical (unpaired) electrons. The Kier molecular flexibility index (Phi) is 11.4. The van der Waals surface area contributed by atoms with Gasteiger partial charge in [0.1, 0.15) is 6.61 Å². The van der Waals surface area contributed by atoms with Crippen LogP contribution < -0.4 is 22.5 Å². The second kappa shape index (κ2) is 14.8. The molecule has 3 aromatic carbocycles. The number of ketones is 1. The van der Waals surface area contributed by atoms with Crippen LogP contribution in [0.25, 0.3) is 0 Å². The molecule has 4 atom stereocenters. The second-order valence-corrected chi connectivity index (χ2v) is 12.3. The fourth-order valence-electron chi connectivity index (χ4n) is 4.38. The number of carboxylic acid groups (broad SMARTS) is 1. The molecule has 0 aliphatic carbocycles. The highest BCUT2D eigenvalue weighted by atomic mass is 31.2. The topological polar surface area (TPSA) is 230 Å². The summed E-state index contributed by atoms with van der Waals surface area (Å²) >= 11 is 0. The van der Waals surface area contributed by atoms with Crippen LogP contribution in [0.5, 0.6) is 0 Å². The molecule has 0 aromatic heterocycles. The van der Waals surface area contributed by atoms with Crippen molar-refractivity contribution in [1.82, 2.24) is 5.32 Å². The molecule has 1 amide bonds. The summed E-state index contributed by atoms with van der Waals surface area (Å²) in [4.78, 5) is 54.3. The lowest BCUT2D eigenvalue weighted by atomic mass is 9.91. The molecule has 0 saturated carbocycles. The Hall–Kier alpha value is -4.55. The molecule has 0 heterocycles. The Balaban J connectivity index is 1.95. The van der Waals surface area contributed by atoms with Crippen molar-refractivity contribution in [3.63, 3.8) is 0 Å². The minimum Gasteiger partial charge on any atom is -0.479 e. The van der Waals surface area contributed by atoms with Gasteiger partial charge in [-0.3, -0.25) is 13.9 Å². The summed E-state index contributed by atoms with van der Waals surface area (Å²) in [5.74, 6) is -4.05. The van der Waals surface area contributed by atoms with E-state index in [1.807, 2.05) is 0 Å². The van der Waals surface area contributed by atoms with Crippen molar-refractivity contribution in [2.45, 2.75) is 44.3 Å². The summed E-state index contributed by atoms with van der Waals surface area (Å²) in [5.41, 5.74) is 18.6. The number of hydrogen-bond acceptors (Lipinski definition) is 8. The van der Waals surface area contributed by atoms with Crippen LogP contribution in [-0.2, 0) is 36.4 Å². The number of amides is 1. The van der Waals surface area contributed by atoms with Crippen LogP contribution in [0.3, 0.4) is 0 Å². The standard InChI is InChI=1S/C30H36N5O8P/c1-19(2)30(33,44(40,41)43-25(27(37)38)22-14-9-15-23(17-22)34-28(31)32)26(36)24(16-20-10-5-3-6-11-20)35-29(39)42-18-21-12-7-4-8-13-21/h3-15,17,19,24-25H,16,18,33H2,1-2H3,(H,35,39)(H,37,38)(H,40,41)(H4,31,32,34). The SMILES string of the molecule is CC(C)C(N)(C(=O)C(Cc1ccccc1)NC(=O)OCc1ccccc1)P(=O)(O)OC(C(=O)O)c1cccc(N=C(N)N)c1. The monoisotopic (exact) mass is 625 g/mol. The predicted molar refractivity (Wildman–Crippen MR) is 164 cm³/mol. The number of benzene rings is 3. The summed E-state index contributed by atoms with van der Waals surface area (Å²) < 4.78 is 24.5. The number of aliphatic carboxylic acids is 1. The van der Waals surface area contributed by atoms with Crippen molar-refractivity contribution in [1.29, 1.82) is 0 Å². The molecule has 3 aromatic rings.